The van der Waals surface area contributed by atoms with E-state index in [0.29, 0.717) is 17.1 Å². The zero-order valence-electron chi connectivity index (χ0n) is 19.4. The molecule has 180 valence electrons. The topological polar surface area (TPSA) is 148 Å². The molecule has 10 heteroatoms. The van der Waals surface area contributed by atoms with Crippen molar-refractivity contribution in [2.24, 2.45) is 0 Å². The highest BCUT2D eigenvalue weighted by Gasteiger charge is 2.18. The van der Waals surface area contributed by atoms with Crippen LogP contribution in [0.1, 0.15) is 5.56 Å². The highest BCUT2D eigenvalue weighted by atomic mass is 16.1. The van der Waals surface area contributed by atoms with Crippen molar-refractivity contribution >= 4 is 45.2 Å². The lowest BCUT2D eigenvalue weighted by Gasteiger charge is -2.19. The lowest BCUT2D eigenvalue weighted by Crippen LogP contribution is -2.28. The van der Waals surface area contributed by atoms with Gasteiger partial charge in [0.15, 0.2) is 22.1 Å². The summed E-state index contributed by atoms with van der Waals surface area (Å²) in [6, 6.07) is 15.7. The Morgan fingerprint density at radius 3 is 2.19 bits per heavy atom. The molecule has 2 aliphatic carbocycles. The molecule has 0 bridgehead atoms. The number of pyridine rings is 1. The molecule has 3 aromatic rings. The van der Waals surface area contributed by atoms with Crippen molar-refractivity contribution in [3.63, 3.8) is 0 Å². The number of nitrogen functional groups attached to an aromatic ring is 1. The molecule has 0 aliphatic heterocycles. The summed E-state index contributed by atoms with van der Waals surface area (Å²) in [6.45, 7) is 9.18. The normalized spacial score (nSPS) is 10.8. The summed E-state index contributed by atoms with van der Waals surface area (Å²) in [4.78, 5) is 59.0. The van der Waals surface area contributed by atoms with Crippen LogP contribution in [-0.2, 0) is 0 Å². The average molecular weight is 490 g/mol. The van der Waals surface area contributed by atoms with E-state index in [1.807, 2.05) is 30.3 Å². The summed E-state index contributed by atoms with van der Waals surface area (Å²) in [6.07, 6.45) is 0. The predicted octanol–water partition coefficient (Wildman–Crippen LogP) is 2.90. The molecule has 0 unspecified atom stereocenters. The van der Waals surface area contributed by atoms with E-state index >= 15 is 0 Å². The van der Waals surface area contributed by atoms with E-state index in [4.69, 9.17) is 12.3 Å². The standard InChI is InChI=1S/C27H18N6O4/c1-13-22(29-2)26(28)31-27(30-14-7-4-3-5-8-14)23(13)33-32-16-10-6-9-15-19(16)25(37)21-18(35)12-11-17(34)20(21)24(15)36/h3-12,32-33H,1H3,(H3,28,30,31). The minimum atomic E-state index is -0.728. The number of rotatable bonds is 5. The number of fused-ring (bicyclic) bond motifs is 1. The number of hydrogen-bond donors (Lipinski definition) is 4. The third kappa shape index (κ3) is 3.81. The molecule has 0 radical (unpaired) electrons. The van der Waals surface area contributed by atoms with Crippen LogP contribution < -0.4 is 43.6 Å². The fourth-order valence-electron chi connectivity index (χ4n) is 4.26. The third-order valence-corrected chi connectivity index (χ3v) is 6.03. The summed E-state index contributed by atoms with van der Waals surface area (Å²) < 4.78 is 0. The number of nitrogens with one attached hydrogen (secondary N) is 3. The third-order valence-electron chi connectivity index (χ3n) is 6.03. The van der Waals surface area contributed by atoms with Gasteiger partial charge in [-0.1, -0.05) is 30.3 Å². The Labute approximate surface area is 208 Å². The summed E-state index contributed by atoms with van der Waals surface area (Å²) in [5.41, 5.74) is 11.0. The number of hydrazine groups is 1. The van der Waals surface area contributed by atoms with E-state index < -0.39 is 32.2 Å². The minimum Gasteiger partial charge on any atom is -0.392 e. The van der Waals surface area contributed by atoms with Gasteiger partial charge in [-0.25, -0.2) is 9.83 Å². The van der Waals surface area contributed by atoms with Crippen LogP contribution in [0, 0.1) is 23.9 Å². The lowest BCUT2D eigenvalue weighted by atomic mass is 10.0. The molecule has 0 spiro atoms. The zero-order chi connectivity index (χ0) is 26.3. The first-order chi connectivity index (χ1) is 17.8. The first-order valence-electron chi connectivity index (χ1n) is 11.1. The second-order valence-corrected chi connectivity index (χ2v) is 8.25. The molecule has 5 rings (SSSR count). The molecule has 0 fully saturated rings. The molecule has 0 saturated carbocycles. The number of hydrogen-bond acceptors (Lipinski definition) is 9. The monoisotopic (exact) mass is 490 g/mol. The number of nitrogens with two attached hydrogens (primary N) is 1. The van der Waals surface area contributed by atoms with Crippen molar-refractivity contribution in [2.75, 3.05) is 21.9 Å². The van der Waals surface area contributed by atoms with E-state index in [1.54, 1.807) is 19.1 Å². The lowest BCUT2D eigenvalue weighted by molar-refractivity contribution is 1.26. The summed E-state index contributed by atoms with van der Waals surface area (Å²) in [7, 11) is 0. The van der Waals surface area contributed by atoms with Crippen molar-refractivity contribution < 1.29 is 0 Å². The second-order valence-electron chi connectivity index (χ2n) is 8.25. The van der Waals surface area contributed by atoms with Crippen molar-refractivity contribution in [1.82, 2.24) is 4.98 Å². The van der Waals surface area contributed by atoms with Crippen LogP contribution >= 0.6 is 0 Å². The number of anilines is 5. The van der Waals surface area contributed by atoms with Gasteiger partial charge < -0.3 is 16.5 Å². The van der Waals surface area contributed by atoms with Crippen LogP contribution in [-0.4, -0.2) is 4.98 Å². The fraction of sp³-hybridized carbons (Fsp3) is 0.0370. The molecule has 37 heavy (non-hydrogen) atoms. The van der Waals surface area contributed by atoms with E-state index in [2.05, 4.69) is 26.0 Å². The number of nitrogens with zero attached hydrogens (tertiary/aromatic N) is 2. The smallest absolute Gasteiger partial charge is 0.233 e. The maximum atomic E-state index is 13.3. The van der Waals surface area contributed by atoms with Crippen LogP contribution in [0.3, 0.4) is 0 Å². The van der Waals surface area contributed by atoms with Crippen molar-refractivity contribution in [3.8, 4) is 0 Å². The van der Waals surface area contributed by atoms with Gasteiger partial charge in [-0.3, -0.25) is 24.6 Å². The SMILES string of the molecule is [C-]#[N+]c1c(N)nc(Nc2ccccc2)c(NNc2cccc3c(=O)c4c(=O)ccc(=O)c=4c(=O)c23)c1C. The fourth-order valence-corrected chi connectivity index (χ4v) is 4.26. The predicted molar refractivity (Wildman–Crippen MR) is 143 cm³/mol. The highest BCUT2D eigenvalue weighted by molar-refractivity contribution is 5.95. The molecule has 10 nitrogen and oxygen atoms in total. The summed E-state index contributed by atoms with van der Waals surface area (Å²) in [5, 5.41) is 2.26. The van der Waals surface area contributed by atoms with Gasteiger partial charge >= 0.3 is 0 Å². The Morgan fingerprint density at radius 1 is 0.838 bits per heavy atom. The van der Waals surface area contributed by atoms with E-state index in [-0.39, 0.29) is 28.0 Å². The Balaban J connectivity index is 1.67. The van der Waals surface area contributed by atoms with Gasteiger partial charge in [-0.15, -0.1) is 0 Å². The molecule has 1 aromatic heterocycles. The Kier molecular flexibility index (Phi) is 5.58. The van der Waals surface area contributed by atoms with E-state index in [9.17, 15) is 19.2 Å². The number of benzene rings is 2. The molecular formula is C27H18N6O4. The van der Waals surface area contributed by atoms with Gasteiger partial charge in [0.05, 0.1) is 33.8 Å². The van der Waals surface area contributed by atoms with Crippen molar-refractivity contribution in [3.05, 3.63) is 129 Å². The Morgan fingerprint density at radius 2 is 1.51 bits per heavy atom. The van der Waals surface area contributed by atoms with Crippen LogP contribution in [0.15, 0.2) is 79.8 Å². The Hall–Kier alpha value is -5.56. The highest BCUT2D eigenvalue weighted by Crippen LogP contribution is 2.37. The van der Waals surface area contributed by atoms with Gasteiger partial charge in [-0.2, -0.15) is 0 Å². The molecular weight excluding hydrogens is 472 g/mol. The first kappa shape index (κ1) is 23.2. The van der Waals surface area contributed by atoms with Gasteiger partial charge in [0.1, 0.15) is 5.82 Å². The molecule has 0 amide bonds. The quantitative estimate of drug-likeness (QED) is 0.216. The number of para-hydroxylation sites is 1. The van der Waals surface area contributed by atoms with Crippen LogP contribution in [0.5, 0.6) is 0 Å². The van der Waals surface area contributed by atoms with Gasteiger partial charge in [0, 0.05) is 11.1 Å². The maximum Gasteiger partial charge on any atom is 0.233 e. The first-order valence-corrected chi connectivity index (χ1v) is 11.1. The van der Waals surface area contributed by atoms with Gasteiger partial charge in [0.25, 0.3) is 0 Å². The second kappa shape index (κ2) is 8.90. The van der Waals surface area contributed by atoms with Crippen LogP contribution in [0.2, 0.25) is 0 Å². The molecule has 0 saturated heterocycles. The zero-order valence-corrected chi connectivity index (χ0v) is 19.4. The molecule has 5 N–H and O–H groups in total. The molecule has 2 aliphatic rings. The summed E-state index contributed by atoms with van der Waals surface area (Å²) >= 11 is 0. The molecule has 0 atom stereocenters. The van der Waals surface area contributed by atoms with Crippen molar-refractivity contribution in [1.29, 1.82) is 0 Å². The van der Waals surface area contributed by atoms with E-state index in [1.165, 1.54) is 6.07 Å². The van der Waals surface area contributed by atoms with Crippen LogP contribution in [0.25, 0.3) is 15.6 Å². The average Bonchev–Trinajstić information content (AvgIpc) is 2.89. The summed E-state index contributed by atoms with van der Waals surface area (Å²) in [5.74, 6) is 0.360. The van der Waals surface area contributed by atoms with Gasteiger partial charge in [0.2, 0.25) is 11.1 Å². The van der Waals surface area contributed by atoms with E-state index in [0.717, 1.165) is 17.8 Å². The largest absolute Gasteiger partial charge is 0.392 e. The minimum absolute atomic E-state index is 0.00337. The van der Waals surface area contributed by atoms with Gasteiger partial charge in [-0.05, 0) is 42.8 Å². The maximum absolute atomic E-state index is 13.3. The Bertz CT molecular complexity index is 2030. The number of aromatic nitrogens is 1. The molecule has 1 heterocycles. The molecule has 2 aromatic carbocycles. The van der Waals surface area contributed by atoms with Crippen LogP contribution in [0.4, 0.5) is 34.4 Å². The van der Waals surface area contributed by atoms with Crippen molar-refractivity contribution in [2.45, 2.75) is 6.92 Å².